The fraction of sp³-hybridized carbons (Fsp3) is 1.00. The van der Waals surface area contributed by atoms with Gasteiger partial charge in [-0.2, -0.15) is 0 Å². The molecule has 1 saturated heterocycles. The van der Waals surface area contributed by atoms with Crippen molar-refractivity contribution in [1.82, 2.24) is 4.90 Å². The maximum absolute atomic E-state index is 5.96. The van der Waals surface area contributed by atoms with Crippen molar-refractivity contribution in [1.29, 1.82) is 0 Å². The van der Waals surface area contributed by atoms with E-state index in [1.54, 1.807) is 0 Å². The molecule has 0 bridgehead atoms. The number of rotatable bonds is 8. The lowest BCUT2D eigenvalue weighted by atomic mass is 9.93. The molecule has 0 unspecified atom stereocenters. The van der Waals surface area contributed by atoms with E-state index in [1.807, 2.05) is 0 Å². The summed E-state index contributed by atoms with van der Waals surface area (Å²) < 4.78 is 0. The summed E-state index contributed by atoms with van der Waals surface area (Å²) in [5, 5.41) is 0. The molecular formula is C13H28N2. The van der Waals surface area contributed by atoms with Crippen LogP contribution >= 0.6 is 0 Å². The van der Waals surface area contributed by atoms with Gasteiger partial charge in [0.15, 0.2) is 0 Å². The average Bonchev–Trinajstić information content (AvgIpc) is 2.13. The van der Waals surface area contributed by atoms with E-state index in [0.717, 1.165) is 13.1 Å². The van der Waals surface area contributed by atoms with Crippen LogP contribution in [0.2, 0.25) is 0 Å². The number of unbranched alkanes of at least 4 members (excludes halogenated alkanes) is 6. The van der Waals surface area contributed by atoms with Crippen LogP contribution in [-0.4, -0.2) is 30.1 Å². The minimum Gasteiger partial charge on any atom is -0.323 e. The molecule has 15 heavy (non-hydrogen) atoms. The lowest BCUT2D eigenvalue weighted by Gasteiger charge is -2.45. The Bertz CT molecular complexity index is 158. The van der Waals surface area contributed by atoms with Gasteiger partial charge in [0, 0.05) is 18.6 Å². The first kappa shape index (κ1) is 13.0. The van der Waals surface area contributed by atoms with E-state index in [0.29, 0.717) is 0 Å². The van der Waals surface area contributed by atoms with Crippen LogP contribution in [0.5, 0.6) is 0 Å². The third-order valence-electron chi connectivity index (χ3n) is 3.25. The van der Waals surface area contributed by atoms with Crippen LogP contribution < -0.4 is 5.73 Å². The van der Waals surface area contributed by atoms with Gasteiger partial charge in [0.25, 0.3) is 0 Å². The van der Waals surface area contributed by atoms with E-state index < -0.39 is 0 Å². The highest BCUT2D eigenvalue weighted by molar-refractivity contribution is 4.95. The van der Waals surface area contributed by atoms with E-state index in [-0.39, 0.29) is 5.54 Å². The molecule has 2 nitrogen and oxygen atoms in total. The van der Waals surface area contributed by atoms with Crippen LogP contribution in [-0.2, 0) is 0 Å². The van der Waals surface area contributed by atoms with Crippen LogP contribution in [0.25, 0.3) is 0 Å². The molecule has 2 heteroatoms. The van der Waals surface area contributed by atoms with E-state index >= 15 is 0 Å². The topological polar surface area (TPSA) is 29.3 Å². The van der Waals surface area contributed by atoms with Crippen LogP contribution in [0, 0.1) is 0 Å². The molecule has 0 saturated carbocycles. The smallest absolute Gasteiger partial charge is 0.0383 e. The summed E-state index contributed by atoms with van der Waals surface area (Å²) >= 11 is 0. The lowest BCUT2D eigenvalue weighted by Crippen LogP contribution is -2.65. The van der Waals surface area contributed by atoms with Crippen molar-refractivity contribution < 1.29 is 0 Å². The summed E-state index contributed by atoms with van der Waals surface area (Å²) in [4.78, 5) is 2.48. The quantitative estimate of drug-likeness (QED) is 0.627. The van der Waals surface area contributed by atoms with Crippen molar-refractivity contribution in [3.8, 4) is 0 Å². The van der Waals surface area contributed by atoms with Gasteiger partial charge < -0.3 is 5.73 Å². The highest BCUT2D eigenvalue weighted by atomic mass is 15.2. The Kier molecular flexibility index (Phi) is 5.62. The van der Waals surface area contributed by atoms with E-state index in [4.69, 9.17) is 5.73 Å². The molecule has 0 radical (unpaired) electrons. The molecule has 1 fully saturated rings. The molecule has 0 atom stereocenters. The van der Waals surface area contributed by atoms with Gasteiger partial charge in [-0.25, -0.2) is 0 Å². The van der Waals surface area contributed by atoms with Gasteiger partial charge in [0.2, 0.25) is 0 Å². The van der Waals surface area contributed by atoms with Gasteiger partial charge in [-0.15, -0.1) is 0 Å². The molecular weight excluding hydrogens is 184 g/mol. The number of likely N-dealkylation sites (tertiary alicyclic amines) is 1. The Morgan fingerprint density at radius 2 is 1.53 bits per heavy atom. The standard InChI is InChI=1S/C13H28N2/c1-3-4-5-6-7-8-9-10-15-11-13(2,14)12-15/h3-12,14H2,1-2H3. The predicted molar refractivity (Wildman–Crippen MR) is 67.0 cm³/mol. The van der Waals surface area contributed by atoms with Gasteiger partial charge >= 0.3 is 0 Å². The number of nitrogens with two attached hydrogens (primary N) is 1. The zero-order valence-corrected chi connectivity index (χ0v) is 10.6. The van der Waals surface area contributed by atoms with Gasteiger partial charge in [-0.05, 0) is 19.9 Å². The Hall–Kier alpha value is -0.0800. The van der Waals surface area contributed by atoms with Crippen molar-refractivity contribution >= 4 is 0 Å². The van der Waals surface area contributed by atoms with Gasteiger partial charge in [-0.3, -0.25) is 4.90 Å². The Morgan fingerprint density at radius 3 is 2.07 bits per heavy atom. The lowest BCUT2D eigenvalue weighted by molar-refractivity contribution is 0.0821. The van der Waals surface area contributed by atoms with Crippen LogP contribution in [0.3, 0.4) is 0 Å². The van der Waals surface area contributed by atoms with E-state index in [9.17, 15) is 0 Å². The molecule has 0 aliphatic carbocycles. The minimum absolute atomic E-state index is 0.112. The van der Waals surface area contributed by atoms with Crippen molar-refractivity contribution in [3.63, 3.8) is 0 Å². The van der Waals surface area contributed by atoms with Crippen molar-refractivity contribution in [2.24, 2.45) is 5.73 Å². The zero-order valence-electron chi connectivity index (χ0n) is 10.6. The Morgan fingerprint density at radius 1 is 1.00 bits per heavy atom. The second-order valence-corrected chi connectivity index (χ2v) is 5.49. The van der Waals surface area contributed by atoms with Crippen molar-refractivity contribution in [2.45, 2.75) is 64.3 Å². The third kappa shape index (κ3) is 5.53. The van der Waals surface area contributed by atoms with Crippen molar-refractivity contribution in [3.05, 3.63) is 0 Å². The fourth-order valence-electron chi connectivity index (χ4n) is 2.43. The highest BCUT2D eigenvalue weighted by Gasteiger charge is 2.33. The molecule has 0 amide bonds. The summed E-state index contributed by atoms with van der Waals surface area (Å²) in [6, 6.07) is 0. The molecule has 0 spiro atoms. The SMILES string of the molecule is CCCCCCCCCN1CC(C)(N)C1. The van der Waals surface area contributed by atoms with Gasteiger partial charge in [0.1, 0.15) is 0 Å². The van der Waals surface area contributed by atoms with Crippen LogP contribution in [0.1, 0.15) is 58.8 Å². The third-order valence-corrected chi connectivity index (χ3v) is 3.25. The summed E-state index contributed by atoms with van der Waals surface area (Å²) in [6.45, 7) is 7.88. The molecule has 0 aromatic rings. The molecule has 1 heterocycles. The number of nitrogens with zero attached hydrogens (tertiary/aromatic N) is 1. The predicted octanol–water partition coefficient (Wildman–Crippen LogP) is 2.77. The largest absolute Gasteiger partial charge is 0.323 e. The zero-order chi connectivity index (χ0) is 11.1. The van der Waals surface area contributed by atoms with Crippen LogP contribution in [0.15, 0.2) is 0 Å². The molecule has 0 aromatic heterocycles. The first-order valence-corrected chi connectivity index (χ1v) is 6.65. The molecule has 1 aliphatic rings. The monoisotopic (exact) mass is 212 g/mol. The number of hydrogen-bond donors (Lipinski definition) is 1. The first-order valence-electron chi connectivity index (χ1n) is 6.65. The van der Waals surface area contributed by atoms with E-state index in [1.165, 1.54) is 51.5 Å². The fourth-order valence-corrected chi connectivity index (χ4v) is 2.43. The molecule has 1 rings (SSSR count). The Balaban J connectivity index is 1.78. The normalized spacial score (nSPS) is 20.2. The maximum Gasteiger partial charge on any atom is 0.0383 e. The molecule has 1 aliphatic heterocycles. The molecule has 90 valence electrons. The van der Waals surface area contributed by atoms with Gasteiger partial charge in [0.05, 0.1) is 0 Å². The molecule has 2 N–H and O–H groups in total. The van der Waals surface area contributed by atoms with Crippen LogP contribution in [0.4, 0.5) is 0 Å². The first-order chi connectivity index (χ1) is 7.14. The maximum atomic E-state index is 5.96. The summed E-state index contributed by atoms with van der Waals surface area (Å²) in [6.07, 6.45) is 9.82. The molecule has 0 aromatic carbocycles. The summed E-state index contributed by atoms with van der Waals surface area (Å²) in [5.74, 6) is 0. The number of hydrogen-bond acceptors (Lipinski definition) is 2. The average molecular weight is 212 g/mol. The van der Waals surface area contributed by atoms with E-state index in [2.05, 4.69) is 18.7 Å². The Labute approximate surface area is 95.2 Å². The second-order valence-electron chi connectivity index (χ2n) is 5.49. The van der Waals surface area contributed by atoms with Crippen molar-refractivity contribution in [2.75, 3.05) is 19.6 Å². The summed E-state index contributed by atoms with van der Waals surface area (Å²) in [5.41, 5.74) is 6.07. The minimum atomic E-state index is 0.112. The highest BCUT2D eigenvalue weighted by Crippen LogP contribution is 2.17. The summed E-state index contributed by atoms with van der Waals surface area (Å²) in [7, 11) is 0. The van der Waals surface area contributed by atoms with Gasteiger partial charge in [-0.1, -0.05) is 45.4 Å². The second kappa shape index (κ2) is 6.49.